The Morgan fingerprint density at radius 1 is 0.488 bits per heavy atom. The van der Waals surface area contributed by atoms with Gasteiger partial charge in [-0.2, -0.15) is 5.26 Å². The zero-order valence-corrected chi connectivity index (χ0v) is 23.3. The highest BCUT2D eigenvalue weighted by Gasteiger charge is 2.18. The summed E-state index contributed by atoms with van der Waals surface area (Å²) in [5.41, 5.74) is 10.7. The summed E-state index contributed by atoms with van der Waals surface area (Å²) < 4.78 is 2.40. The fourth-order valence-electron chi connectivity index (χ4n) is 6.28. The number of nitrogens with zero attached hydrogens (tertiary/aromatic N) is 3. The molecule has 43 heavy (non-hydrogen) atoms. The highest BCUT2D eigenvalue weighted by Crippen LogP contribution is 2.42. The monoisotopic (exact) mass is 547 g/mol. The summed E-state index contributed by atoms with van der Waals surface area (Å²) in [7, 11) is 0. The number of para-hydroxylation sites is 1. The van der Waals surface area contributed by atoms with Gasteiger partial charge in [0, 0.05) is 34.4 Å². The molecule has 0 saturated heterocycles. The quantitative estimate of drug-likeness (QED) is 0.220. The molecule has 2 heterocycles. The van der Waals surface area contributed by atoms with Crippen LogP contribution in [0.3, 0.4) is 0 Å². The Balaban J connectivity index is 1.40. The Morgan fingerprint density at radius 2 is 1.14 bits per heavy atom. The molecule has 3 nitrogen and oxygen atoms in total. The number of aromatic nitrogens is 2. The van der Waals surface area contributed by atoms with Gasteiger partial charge in [-0.15, -0.1) is 0 Å². The van der Waals surface area contributed by atoms with E-state index < -0.39 is 0 Å². The number of fused-ring (bicyclic) bond motifs is 5. The van der Waals surface area contributed by atoms with Crippen molar-refractivity contribution in [2.45, 2.75) is 0 Å². The largest absolute Gasteiger partial charge is 0.309 e. The van der Waals surface area contributed by atoms with Crippen molar-refractivity contribution in [2.24, 2.45) is 0 Å². The second kappa shape index (κ2) is 10.1. The molecule has 0 radical (unpaired) electrons. The van der Waals surface area contributed by atoms with Crippen LogP contribution in [0.25, 0.3) is 71.6 Å². The molecular formula is C40H25N3. The number of rotatable bonds is 4. The summed E-state index contributed by atoms with van der Waals surface area (Å²) in [6, 6.07) is 51.8. The SMILES string of the molecule is N#Cc1cncc(-c2ccc(-c3cc4c(c5ccccc35)c3ccc(-c5ccccc5)cc3n4-c3ccccc3)cc2)c1. The molecule has 8 aromatic rings. The maximum Gasteiger partial charge on any atom is 0.101 e. The van der Waals surface area contributed by atoms with Crippen LogP contribution in [0.1, 0.15) is 5.56 Å². The molecule has 2 aromatic heterocycles. The van der Waals surface area contributed by atoms with Gasteiger partial charge in [0.1, 0.15) is 6.07 Å². The molecule has 0 aliphatic heterocycles. The van der Waals surface area contributed by atoms with Crippen LogP contribution in [0.5, 0.6) is 0 Å². The van der Waals surface area contributed by atoms with Crippen LogP contribution < -0.4 is 0 Å². The molecular weight excluding hydrogens is 522 g/mol. The predicted molar refractivity (Wildman–Crippen MR) is 177 cm³/mol. The van der Waals surface area contributed by atoms with E-state index in [1.165, 1.54) is 49.3 Å². The lowest BCUT2D eigenvalue weighted by Crippen LogP contribution is -1.94. The van der Waals surface area contributed by atoms with Crippen molar-refractivity contribution in [1.29, 1.82) is 5.26 Å². The minimum atomic E-state index is 0.558. The van der Waals surface area contributed by atoms with Crippen molar-refractivity contribution in [3.05, 3.63) is 157 Å². The van der Waals surface area contributed by atoms with Gasteiger partial charge in [0.25, 0.3) is 0 Å². The summed E-state index contributed by atoms with van der Waals surface area (Å²) in [4.78, 5) is 4.25. The van der Waals surface area contributed by atoms with E-state index in [4.69, 9.17) is 0 Å². The van der Waals surface area contributed by atoms with E-state index in [0.717, 1.165) is 22.4 Å². The molecule has 8 rings (SSSR count). The smallest absolute Gasteiger partial charge is 0.101 e. The van der Waals surface area contributed by atoms with Crippen LogP contribution in [0.4, 0.5) is 0 Å². The minimum absolute atomic E-state index is 0.558. The third-order valence-corrected chi connectivity index (χ3v) is 8.29. The van der Waals surface area contributed by atoms with Gasteiger partial charge >= 0.3 is 0 Å². The van der Waals surface area contributed by atoms with Crippen molar-refractivity contribution < 1.29 is 0 Å². The maximum atomic E-state index is 9.33. The fraction of sp³-hybridized carbons (Fsp3) is 0. The number of benzene rings is 6. The minimum Gasteiger partial charge on any atom is -0.309 e. The van der Waals surface area contributed by atoms with E-state index in [9.17, 15) is 5.26 Å². The highest BCUT2D eigenvalue weighted by molar-refractivity contribution is 6.24. The van der Waals surface area contributed by atoms with E-state index in [2.05, 4.69) is 149 Å². The first-order valence-corrected chi connectivity index (χ1v) is 14.4. The van der Waals surface area contributed by atoms with Gasteiger partial charge in [-0.3, -0.25) is 4.98 Å². The van der Waals surface area contributed by atoms with Crippen LogP contribution in [-0.4, -0.2) is 9.55 Å². The molecule has 0 atom stereocenters. The Hall–Kier alpha value is -5.98. The first kappa shape index (κ1) is 24.8. The van der Waals surface area contributed by atoms with Gasteiger partial charge in [-0.25, -0.2) is 0 Å². The molecule has 0 N–H and O–H groups in total. The molecule has 0 aliphatic carbocycles. The van der Waals surface area contributed by atoms with Gasteiger partial charge < -0.3 is 4.57 Å². The molecule has 200 valence electrons. The first-order valence-electron chi connectivity index (χ1n) is 14.4. The van der Waals surface area contributed by atoms with Crippen LogP contribution >= 0.6 is 0 Å². The van der Waals surface area contributed by atoms with Crippen LogP contribution in [0.2, 0.25) is 0 Å². The van der Waals surface area contributed by atoms with E-state index in [1.807, 2.05) is 6.07 Å². The maximum absolute atomic E-state index is 9.33. The van der Waals surface area contributed by atoms with E-state index in [1.54, 1.807) is 12.4 Å². The molecule has 3 heteroatoms. The lowest BCUT2D eigenvalue weighted by Gasteiger charge is -2.13. The van der Waals surface area contributed by atoms with Crippen molar-refractivity contribution in [3.8, 4) is 45.1 Å². The lowest BCUT2D eigenvalue weighted by molar-refractivity contribution is 1.18. The number of hydrogen-bond donors (Lipinski definition) is 0. The molecule has 0 amide bonds. The van der Waals surface area contributed by atoms with E-state index in [-0.39, 0.29) is 0 Å². The Labute approximate surface area is 249 Å². The summed E-state index contributed by atoms with van der Waals surface area (Å²) in [6.07, 6.45) is 3.40. The van der Waals surface area contributed by atoms with Crippen LogP contribution in [0.15, 0.2) is 152 Å². The molecule has 6 aromatic carbocycles. The van der Waals surface area contributed by atoms with E-state index in [0.29, 0.717) is 5.56 Å². The average molecular weight is 548 g/mol. The van der Waals surface area contributed by atoms with Crippen molar-refractivity contribution in [3.63, 3.8) is 0 Å². The van der Waals surface area contributed by atoms with Gasteiger partial charge in [-0.05, 0) is 68.9 Å². The summed E-state index contributed by atoms with van der Waals surface area (Å²) in [5, 5.41) is 14.3. The Bertz CT molecular complexity index is 2330. The molecule has 0 bridgehead atoms. The number of hydrogen-bond acceptors (Lipinski definition) is 2. The third kappa shape index (κ3) is 4.17. The molecule has 0 saturated carbocycles. The van der Waals surface area contributed by atoms with Crippen molar-refractivity contribution >= 4 is 32.6 Å². The second-order valence-corrected chi connectivity index (χ2v) is 10.8. The number of nitriles is 1. The summed E-state index contributed by atoms with van der Waals surface area (Å²) in [6.45, 7) is 0. The van der Waals surface area contributed by atoms with Crippen molar-refractivity contribution in [2.75, 3.05) is 0 Å². The van der Waals surface area contributed by atoms with Gasteiger partial charge in [0.2, 0.25) is 0 Å². The van der Waals surface area contributed by atoms with Gasteiger partial charge in [0.05, 0.1) is 16.6 Å². The zero-order valence-electron chi connectivity index (χ0n) is 23.3. The lowest BCUT2D eigenvalue weighted by atomic mass is 9.93. The molecule has 0 unspecified atom stereocenters. The van der Waals surface area contributed by atoms with Gasteiger partial charge in [-0.1, -0.05) is 109 Å². The predicted octanol–water partition coefficient (Wildman–Crippen LogP) is 10.2. The standard InChI is InChI=1S/C40H25N3/c41-24-27-21-32(26-42-25-27)29-15-17-30(18-16-29)37-23-39-40(35-14-8-7-13-34(35)37)36-20-19-31(28-9-3-1-4-10-28)22-38(36)43(39)33-11-5-2-6-12-33/h1-23,25-26H. The first-order chi connectivity index (χ1) is 21.3. The molecule has 0 spiro atoms. The highest BCUT2D eigenvalue weighted by atomic mass is 15.0. The Kier molecular flexibility index (Phi) is 5.84. The normalized spacial score (nSPS) is 11.2. The fourth-order valence-corrected chi connectivity index (χ4v) is 6.28. The zero-order chi connectivity index (χ0) is 28.8. The summed E-state index contributed by atoms with van der Waals surface area (Å²) in [5.74, 6) is 0. The van der Waals surface area contributed by atoms with Crippen LogP contribution in [-0.2, 0) is 0 Å². The molecule has 0 aliphatic rings. The van der Waals surface area contributed by atoms with E-state index >= 15 is 0 Å². The summed E-state index contributed by atoms with van der Waals surface area (Å²) >= 11 is 0. The molecule has 0 fully saturated rings. The van der Waals surface area contributed by atoms with Gasteiger partial charge in [0.15, 0.2) is 0 Å². The number of pyridine rings is 1. The van der Waals surface area contributed by atoms with Crippen molar-refractivity contribution in [1.82, 2.24) is 9.55 Å². The average Bonchev–Trinajstić information content (AvgIpc) is 3.42. The van der Waals surface area contributed by atoms with Crippen LogP contribution in [0, 0.1) is 11.3 Å². The Morgan fingerprint density at radius 3 is 1.91 bits per heavy atom. The third-order valence-electron chi connectivity index (χ3n) is 8.29. The topological polar surface area (TPSA) is 41.6 Å². The second-order valence-electron chi connectivity index (χ2n) is 10.8.